The summed E-state index contributed by atoms with van der Waals surface area (Å²) in [6.07, 6.45) is 5.58. The molecule has 2 unspecified atom stereocenters. The number of carbonyl (C=O) groups excluding carboxylic acids is 1. The van der Waals surface area contributed by atoms with Gasteiger partial charge in [0, 0.05) is 30.3 Å². The van der Waals surface area contributed by atoms with Gasteiger partial charge in [-0.15, -0.1) is 0 Å². The standard InChI is InChI=1S/C29H43N3O.C7H6F2/c1-6-8-15-32(5)21-25-16-22(3)17-26(18-25)28(33)30-13-10-14-31-29(20-23(29)4)27-12-9-11-24(7-2)19-27;1-5-2-6(8)4-7(9)3-5/h9,11-12,16-19,23,31H,6-8,10,13-15,20-21H2,1-5H3,(H,30,33);2-4H,1H3. The van der Waals surface area contributed by atoms with E-state index in [9.17, 15) is 13.6 Å². The molecule has 1 amide bonds. The van der Waals surface area contributed by atoms with Crippen LogP contribution in [0.15, 0.2) is 60.7 Å². The molecule has 1 aliphatic rings. The summed E-state index contributed by atoms with van der Waals surface area (Å²) in [5.41, 5.74) is 6.65. The van der Waals surface area contributed by atoms with E-state index in [0.29, 0.717) is 18.0 Å². The molecule has 2 N–H and O–H groups in total. The second-order valence-corrected chi connectivity index (χ2v) is 11.9. The van der Waals surface area contributed by atoms with Gasteiger partial charge in [-0.2, -0.15) is 0 Å². The molecular formula is C36H49F2N3O. The lowest BCUT2D eigenvalue weighted by Crippen LogP contribution is -2.34. The molecule has 4 rings (SSSR count). The molecule has 1 saturated carbocycles. The summed E-state index contributed by atoms with van der Waals surface area (Å²) in [6, 6.07) is 18.6. The third-order valence-corrected chi connectivity index (χ3v) is 7.99. The van der Waals surface area contributed by atoms with Crippen LogP contribution >= 0.6 is 0 Å². The zero-order valence-electron chi connectivity index (χ0n) is 26.3. The zero-order valence-corrected chi connectivity index (χ0v) is 26.3. The predicted octanol–water partition coefficient (Wildman–Crippen LogP) is 7.71. The third-order valence-electron chi connectivity index (χ3n) is 7.99. The smallest absolute Gasteiger partial charge is 0.251 e. The first-order valence-electron chi connectivity index (χ1n) is 15.4. The van der Waals surface area contributed by atoms with Gasteiger partial charge >= 0.3 is 0 Å². The van der Waals surface area contributed by atoms with E-state index in [1.165, 1.54) is 48.1 Å². The fourth-order valence-corrected chi connectivity index (χ4v) is 5.54. The topological polar surface area (TPSA) is 44.4 Å². The molecule has 0 aliphatic heterocycles. The predicted molar refractivity (Wildman–Crippen MR) is 170 cm³/mol. The van der Waals surface area contributed by atoms with Crippen molar-refractivity contribution in [1.29, 1.82) is 0 Å². The van der Waals surface area contributed by atoms with E-state index in [0.717, 1.165) is 49.7 Å². The first-order chi connectivity index (χ1) is 20.1. The van der Waals surface area contributed by atoms with Crippen LogP contribution in [0.25, 0.3) is 0 Å². The average molecular weight is 578 g/mol. The zero-order chi connectivity index (χ0) is 30.7. The van der Waals surface area contributed by atoms with Crippen molar-refractivity contribution in [3.8, 4) is 0 Å². The van der Waals surface area contributed by atoms with Gasteiger partial charge in [-0.25, -0.2) is 8.78 Å². The highest BCUT2D eigenvalue weighted by Crippen LogP contribution is 2.51. The molecule has 1 aliphatic carbocycles. The molecule has 0 aromatic heterocycles. The van der Waals surface area contributed by atoms with E-state index >= 15 is 0 Å². The molecule has 6 heteroatoms. The van der Waals surface area contributed by atoms with Gasteiger partial charge in [-0.05, 0) is 112 Å². The van der Waals surface area contributed by atoms with Crippen molar-refractivity contribution >= 4 is 5.91 Å². The number of amides is 1. The van der Waals surface area contributed by atoms with Crippen LogP contribution in [0.1, 0.15) is 84.6 Å². The maximum Gasteiger partial charge on any atom is 0.251 e. The fraction of sp³-hybridized carbons (Fsp3) is 0.472. The molecule has 1 fully saturated rings. The van der Waals surface area contributed by atoms with Crippen molar-refractivity contribution in [1.82, 2.24) is 15.5 Å². The summed E-state index contributed by atoms with van der Waals surface area (Å²) in [4.78, 5) is 15.1. The Kier molecular flexibility index (Phi) is 12.7. The summed E-state index contributed by atoms with van der Waals surface area (Å²) >= 11 is 0. The number of carbonyl (C=O) groups is 1. The largest absolute Gasteiger partial charge is 0.352 e. The Morgan fingerprint density at radius 2 is 1.62 bits per heavy atom. The molecule has 4 nitrogen and oxygen atoms in total. The Morgan fingerprint density at radius 1 is 0.929 bits per heavy atom. The molecule has 3 aromatic carbocycles. The quantitative estimate of drug-likeness (QED) is 0.205. The second kappa shape index (κ2) is 15.9. The molecular weight excluding hydrogens is 528 g/mol. The van der Waals surface area contributed by atoms with E-state index in [4.69, 9.17) is 0 Å². The lowest BCUT2D eigenvalue weighted by Gasteiger charge is -2.20. The first-order valence-corrected chi connectivity index (χ1v) is 15.4. The Labute approximate surface area is 251 Å². The van der Waals surface area contributed by atoms with Gasteiger partial charge in [0.15, 0.2) is 0 Å². The number of halogens is 2. The van der Waals surface area contributed by atoms with Gasteiger partial charge in [0.1, 0.15) is 11.6 Å². The van der Waals surface area contributed by atoms with Crippen LogP contribution in [-0.4, -0.2) is 37.5 Å². The molecule has 0 radical (unpaired) electrons. The summed E-state index contributed by atoms with van der Waals surface area (Å²) in [6.45, 7) is 14.0. The van der Waals surface area contributed by atoms with Gasteiger partial charge < -0.3 is 15.5 Å². The normalized spacial score (nSPS) is 17.5. The number of hydrogen-bond acceptors (Lipinski definition) is 3. The second-order valence-electron chi connectivity index (χ2n) is 11.9. The Hall–Kier alpha value is -3.09. The summed E-state index contributed by atoms with van der Waals surface area (Å²) in [7, 11) is 2.15. The summed E-state index contributed by atoms with van der Waals surface area (Å²) in [5, 5.41) is 6.93. The third kappa shape index (κ3) is 10.0. The molecule has 0 bridgehead atoms. The Balaban J connectivity index is 0.000000458. The molecule has 0 spiro atoms. The number of rotatable bonds is 13. The highest BCUT2D eigenvalue weighted by Gasteiger charge is 2.51. The van der Waals surface area contributed by atoms with Gasteiger partial charge in [-0.3, -0.25) is 4.79 Å². The van der Waals surface area contributed by atoms with E-state index < -0.39 is 11.6 Å². The maximum atomic E-state index is 12.8. The van der Waals surface area contributed by atoms with E-state index in [1.807, 2.05) is 12.1 Å². The highest BCUT2D eigenvalue weighted by atomic mass is 19.1. The van der Waals surface area contributed by atoms with E-state index in [2.05, 4.69) is 80.6 Å². The van der Waals surface area contributed by atoms with Crippen LogP contribution in [0.3, 0.4) is 0 Å². The van der Waals surface area contributed by atoms with Crippen molar-refractivity contribution in [3.05, 3.63) is 106 Å². The van der Waals surface area contributed by atoms with Crippen molar-refractivity contribution < 1.29 is 13.6 Å². The van der Waals surface area contributed by atoms with Crippen LogP contribution in [-0.2, 0) is 18.5 Å². The van der Waals surface area contributed by atoms with Crippen molar-refractivity contribution in [2.24, 2.45) is 5.92 Å². The SMILES string of the molecule is CCCCN(C)Cc1cc(C)cc(C(=O)NCCCNC2(c3cccc(CC)c3)CC2C)c1.Cc1cc(F)cc(F)c1. The number of benzene rings is 3. The molecule has 228 valence electrons. The number of unbranched alkanes of at least 4 members (excludes halogenated alkanes) is 1. The number of aryl methyl sites for hydroxylation is 3. The number of nitrogens with one attached hydrogen (secondary N) is 2. The lowest BCUT2D eigenvalue weighted by molar-refractivity contribution is 0.0953. The minimum absolute atomic E-state index is 0.0290. The summed E-state index contributed by atoms with van der Waals surface area (Å²) < 4.78 is 24.4. The fourth-order valence-electron chi connectivity index (χ4n) is 5.54. The van der Waals surface area contributed by atoms with Crippen LogP contribution in [0.2, 0.25) is 0 Å². The van der Waals surface area contributed by atoms with Gasteiger partial charge in [0.25, 0.3) is 5.91 Å². The molecule has 0 heterocycles. The van der Waals surface area contributed by atoms with E-state index in [1.54, 1.807) is 6.92 Å². The lowest BCUT2D eigenvalue weighted by atomic mass is 9.99. The molecule has 2 atom stereocenters. The number of nitrogens with zero attached hydrogens (tertiary/aromatic N) is 1. The first kappa shape index (κ1) is 33.4. The van der Waals surface area contributed by atoms with E-state index in [-0.39, 0.29) is 11.4 Å². The molecule has 0 saturated heterocycles. The maximum absolute atomic E-state index is 12.8. The van der Waals surface area contributed by atoms with Crippen LogP contribution < -0.4 is 10.6 Å². The monoisotopic (exact) mass is 577 g/mol. The highest BCUT2D eigenvalue weighted by molar-refractivity contribution is 5.94. The molecule has 42 heavy (non-hydrogen) atoms. The van der Waals surface area contributed by atoms with Gasteiger partial charge in [-0.1, -0.05) is 63.1 Å². The van der Waals surface area contributed by atoms with Crippen molar-refractivity contribution in [2.45, 2.75) is 78.8 Å². The van der Waals surface area contributed by atoms with Gasteiger partial charge in [0.05, 0.1) is 0 Å². The van der Waals surface area contributed by atoms with Crippen molar-refractivity contribution in [3.63, 3.8) is 0 Å². The van der Waals surface area contributed by atoms with Crippen LogP contribution in [0.5, 0.6) is 0 Å². The Bertz CT molecular complexity index is 1260. The average Bonchev–Trinajstić information content (AvgIpc) is 3.61. The minimum atomic E-state index is -0.521. The van der Waals surface area contributed by atoms with Crippen molar-refractivity contribution in [2.75, 3.05) is 26.7 Å². The minimum Gasteiger partial charge on any atom is -0.352 e. The van der Waals surface area contributed by atoms with Gasteiger partial charge in [0.2, 0.25) is 0 Å². The van der Waals surface area contributed by atoms with Crippen LogP contribution in [0.4, 0.5) is 8.78 Å². The number of hydrogen-bond donors (Lipinski definition) is 2. The van der Waals surface area contributed by atoms with Crippen LogP contribution in [0, 0.1) is 31.4 Å². The summed E-state index contributed by atoms with van der Waals surface area (Å²) in [5.74, 6) is -0.360. The Morgan fingerprint density at radius 3 is 2.24 bits per heavy atom. The molecule has 3 aromatic rings.